The Morgan fingerprint density at radius 3 is 2.48 bits per heavy atom. The zero-order valence-electron chi connectivity index (χ0n) is 21.6. The highest BCUT2D eigenvalue weighted by molar-refractivity contribution is 9.10. The van der Waals surface area contributed by atoms with E-state index in [1.54, 1.807) is 47.8 Å². The second-order valence-electron chi connectivity index (χ2n) is 9.51. The van der Waals surface area contributed by atoms with Gasteiger partial charge in [-0.05, 0) is 61.2 Å². The van der Waals surface area contributed by atoms with Crippen molar-refractivity contribution in [3.05, 3.63) is 108 Å². The summed E-state index contributed by atoms with van der Waals surface area (Å²) in [5.74, 6) is -0.409. The van der Waals surface area contributed by atoms with Crippen LogP contribution in [0.4, 0.5) is 5.69 Å². The highest BCUT2D eigenvalue weighted by atomic mass is 79.9. The number of benzene rings is 3. The predicted octanol–water partition coefficient (Wildman–Crippen LogP) is 5.94. The molecule has 1 amide bonds. The molecule has 1 aliphatic rings. The van der Waals surface area contributed by atoms with Crippen molar-refractivity contribution < 1.29 is 13.2 Å². The van der Waals surface area contributed by atoms with E-state index in [1.807, 2.05) is 24.3 Å². The van der Waals surface area contributed by atoms with E-state index < -0.39 is 21.5 Å². The zero-order valence-corrected chi connectivity index (χ0v) is 25.5. The molecular weight excluding hydrogens is 639 g/mol. The van der Waals surface area contributed by atoms with E-state index in [9.17, 15) is 18.0 Å². The molecule has 0 radical (unpaired) electrons. The first-order chi connectivity index (χ1) is 19.0. The number of amides is 1. The number of sulfonamides is 1. The molecule has 12 heteroatoms. The van der Waals surface area contributed by atoms with Crippen molar-refractivity contribution >= 4 is 60.7 Å². The van der Waals surface area contributed by atoms with Gasteiger partial charge < -0.3 is 4.90 Å². The van der Waals surface area contributed by atoms with Crippen molar-refractivity contribution in [1.82, 2.24) is 14.3 Å². The number of halogens is 3. The Morgan fingerprint density at radius 2 is 1.75 bits per heavy atom. The lowest BCUT2D eigenvalue weighted by atomic mass is 10.0. The van der Waals surface area contributed by atoms with Gasteiger partial charge in [0.1, 0.15) is 10.6 Å². The summed E-state index contributed by atoms with van der Waals surface area (Å²) in [5.41, 5.74) is 2.46. The first kappa shape index (κ1) is 28.5. The van der Waals surface area contributed by atoms with Crippen LogP contribution in [0.3, 0.4) is 0 Å². The monoisotopic (exact) mass is 662 g/mol. The highest BCUT2D eigenvalue weighted by Gasteiger charge is 2.29. The van der Waals surface area contributed by atoms with E-state index in [-0.39, 0.29) is 26.2 Å². The Balaban J connectivity index is 1.50. The summed E-state index contributed by atoms with van der Waals surface area (Å²) >= 11 is 16.4. The molecule has 0 fully saturated rings. The molecule has 1 N–H and O–H groups in total. The molecule has 8 nitrogen and oxygen atoms in total. The van der Waals surface area contributed by atoms with Crippen LogP contribution in [-0.4, -0.2) is 35.1 Å². The van der Waals surface area contributed by atoms with E-state index in [0.717, 1.165) is 28.4 Å². The summed E-state index contributed by atoms with van der Waals surface area (Å²) in [6.07, 6.45) is 1.54. The fourth-order valence-electron chi connectivity index (χ4n) is 4.88. The molecule has 4 aromatic rings. The number of nitrogens with zero attached hydrogens (tertiary/aromatic N) is 3. The van der Waals surface area contributed by atoms with E-state index in [4.69, 9.17) is 23.2 Å². The van der Waals surface area contributed by atoms with E-state index in [1.165, 1.54) is 16.8 Å². The lowest BCUT2D eigenvalue weighted by Crippen LogP contribution is -2.31. The van der Waals surface area contributed by atoms with E-state index in [0.29, 0.717) is 24.5 Å². The summed E-state index contributed by atoms with van der Waals surface area (Å²) < 4.78 is 33.5. The Hall–Kier alpha value is -3.05. The molecule has 40 heavy (non-hydrogen) atoms. The van der Waals surface area contributed by atoms with Gasteiger partial charge in [0, 0.05) is 24.6 Å². The number of nitrogens with one attached hydrogen (secondary N) is 1. The second kappa shape index (κ2) is 11.1. The molecule has 0 atom stereocenters. The average Bonchev–Trinajstić information content (AvgIpc) is 3.06. The number of fused-ring (bicyclic) bond motifs is 1. The third-order valence-corrected chi connectivity index (χ3v) is 9.92. The molecule has 3 aromatic carbocycles. The first-order valence-electron chi connectivity index (χ1n) is 12.4. The second-order valence-corrected chi connectivity index (χ2v) is 12.8. The fraction of sp³-hybridized carbons (Fsp3) is 0.214. The maximum Gasteiger partial charge on any atom is 0.296 e. The molecule has 208 valence electrons. The largest absolute Gasteiger partial charge is 0.334 e. The van der Waals surface area contributed by atoms with Gasteiger partial charge >= 0.3 is 0 Å². The molecule has 1 aliphatic heterocycles. The maximum atomic E-state index is 13.6. The number of rotatable bonds is 5. The predicted molar refractivity (Wildman–Crippen MR) is 160 cm³/mol. The van der Waals surface area contributed by atoms with Crippen molar-refractivity contribution in [1.29, 1.82) is 0 Å². The summed E-state index contributed by atoms with van der Waals surface area (Å²) in [5, 5.41) is -0.133. The maximum absolute atomic E-state index is 13.6. The van der Waals surface area contributed by atoms with Gasteiger partial charge in [0.15, 0.2) is 0 Å². The molecule has 0 spiro atoms. The number of hydrogen-bond acceptors (Lipinski definition) is 4. The van der Waals surface area contributed by atoms with Gasteiger partial charge in [0.25, 0.3) is 21.5 Å². The van der Waals surface area contributed by atoms with Crippen LogP contribution in [0.2, 0.25) is 10.0 Å². The quantitative estimate of drug-likeness (QED) is 0.286. The van der Waals surface area contributed by atoms with Crippen LogP contribution in [0.1, 0.15) is 33.6 Å². The Labute approximate surface area is 250 Å². The molecule has 5 rings (SSSR count). The molecule has 2 heterocycles. The normalized spacial score (nSPS) is 13.6. The Bertz CT molecular complexity index is 1800. The minimum atomic E-state index is -4.38. The molecule has 0 aliphatic carbocycles. The first-order valence-corrected chi connectivity index (χ1v) is 15.4. The zero-order chi connectivity index (χ0) is 28.8. The van der Waals surface area contributed by atoms with Crippen molar-refractivity contribution in [2.45, 2.75) is 31.2 Å². The Morgan fingerprint density at radius 1 is 1.02 bits per heavy atom. The fourth-order valence-corrected chi connectivity index (χ4v) is 7.46. The third kappa shape index (κ3) is 5.21. The third-order valence-electron chi connectivity index (χ3n) is 7.05. The van der Waals surface area contributed by atoms with Crippen molar-refractivity contribution in [2.75, 3.05) is 11.3 Å². The molecule has 0 unspecified atom stereocenters. The molecule has 0 saturated heterocycles. The smallest absolute Gasteiger partial charge is 0.296 e. The number of anilines is 1. The van der Waals surface area contributed by atoms with Gasteiger partial charge in [0.2, 0.25) is 0 Å². The van der Waals surface area contributed by atoms with Gasteiger partial charge in [-0.1, -0.05) is 69.5 Å². The molecule has 1 aromatic heterocycles. The summed E-state index contributed by atoms with van der Waals surface area (Å²) in [7, 11) is -2.73. The average molecular weight is 664 g/mol. The summed E-state index contributed by atoms with van der Waals surface area (Å²) in [6.45, 7) is 2.46. The van der Waals surface area contributed by atoms with Crippen LogP contribution >= 0.6 is 39.1 Å². The highest BCUT2D eigenvalue weighted by Crippen LogP contribution is 2.33. The number of para-hydroxylation sites is 1. The number of hydrogen-bond donors (Lipinski definition) is 1. The van der Waals surface area contributed by atoms with Crippen LogP contribution in [0.25, 0.3) is 5.69 Å². The summed E-state index contributed by atoms with van der Waals surface area (Å²) in [4.78, 5) is 28.2. The van der Waals surface area contributed by atoms with Crippen LogP contribution in [0.15, 0.2) is 74.8 Å². The number of aromatic nitrogens is 2. The van der Waals surface area contributed by atoms with Gasteiger partial charge in [-0.3, -0.25) is 19.0 Å². The SMILES string of the molecule is Cc1c(NS(=O)(=O)c2cc(C(=O)N3CCCc4c(Br)cccc4C3)c(Cl)cc2Cl)c(=O)n(-c2ccccc2)n1C. The van der Waals surface area contributed by atoms with E-state index in [2.05, 4.69) is 20.7 Å². The van der Waals surface area contributed by atoms with Crippen LogP contribution in [0.5, 0.6) is 0 Å². The van der Waals surface area contributed by atoms with Gasteiger partial charge in [-0.2, -0.15) is 0 Å². The lowest BCUT2D eigenvalue weighted by Gasteiger charge is -2.22. The number of carbonyl (C=O) groups excluding carboxylic acids is 1. The minimum Gasteiger partial charge on any atom is -0.334 e. The lowest BCUT2D eigenvalue weighted by molar-refractivity contribution is 0.0746. The van der Waals surface area contributed by atoms with Crippen molar-refractivity contribution in [3.8, 4) is 5.69 Å². The van der Waals surface area contributed by atoms with Gasteiger partial charge in [0.05, 0.1) is 27.0 Å². The van der Waals surface area contributed by atoms with Gasteiger partial charge in [-0.15, -0.1) is 0 Å². The van der Waals surface area contributed by atoms with Gasteiger partial charge in [-0.25, -0.2) is 13.1 Å². The topological polar surface area (TPSA) is 93.4 Å². The van der Waals surface area contributed by atoms with Crippen LogP contribution < -0.4 is 10.3 Å². The Kier molecular flexibility index (Phi) is 7.89. The standard InChI is InChI=1S/C28H25BrCl2N4O4S/c1-17-26(28(37)35(33(17)2)19-9-4-3-5-10-19)32-40(38,39)25-14-21(23(30)15-24(25)31)27(36)34-13-7-11-20-18(16-34)8-6-12-22(20)29/h3-6,8-10,12,14-15,32H,7,11,13,16H2,1-2H3. The number of carbonyl (C=O) groups is 1. The van der Waals surface area contributed by atoms with Crippen molar-refractivity contribution in [2.24, 2.45) is 7.05 Å². The summed E-state index contributed by atoms with van der Waals surface area (Å²) in [6, 6.07) is 17.1. The van der Waals surface area contributed by atoms with E-state index >= 15 is 0 Å². The molecular formula is C28H25BrCl2N4O4S. The van der Waals surface area contributed by atoms with Crippen LogP contribution in [0, 0.1) is 6.92 Å². The minimum absolute atomic E-state index is 0.0105. The van der Waals surface area contributed by atoms with Crippen molar-refractivity contribution in [3.63, 3.8) is 0 Å². The molecule has 0 saturated carbocycles. The van der Waals surface area contributed by atoms with Crippen LogP contribution in [-0.2, 0) is 30.0 Å². The molecule has 0 bridgehead atoms.